The molecule has 0 N–H and O–H groups in total. The van der Waals surface area contributed by atoms with Gasteiger partial charge in [-0.3, -0.25) is 4.79 Å². The second-order valence-corrected chi connectivity index (χ2v) is 5.28. The number of halogens is 2. The molecule has 0 aliphatic heterocycles. The van der Waals surface area contributed by atoms with E-state index >= 15 is 0 Å². The lowest BCUT2D eigenvalue weighted by Gasteiger charge is -2.04. The minimum absolute atomic E-state index is 0.0530. The zero-order valence-electron chi connectivity index (χ0n) is 10.3. The van der Waals surface area contributed by atoms with Gasteiger partial charge in [0.05, 0.1) is 17.8 Å². The molecule has 2 aromatic rings. The van der Waals surface area contributed by atoms with Gasteiger partial charge in [-0.05, 0) is 22.6 Å². The summed E-state index contributed by atoms with van der Waals surface area (Å²) in [4.78, 5) is 15.3. The van der Waals surface area contributed by atoms with Gasteiger partial charge in [0.2, 0.25) is 5.16 Å². The number of thioether (sulfide) groups is 1. The zero-order chi connectivity index (χ0) is 14.5. The van der Waals surface area contributed by atoms with Crippen molar-refractivity contribution in [3.05, 3.63) is 28.0 Å². The van der Waals surface area contributed by atoms with Crippen molar-refractivity contribution >= 4 is 40.9 Å². The number of rotatable bonds is 5. The average molecular weight is 334 g/mol. The van der Waals surface area contributed by atoms with E-state index in [0.717, 1.165) is 0 Å². The summed E-state index contributed by atoms with van der Waals surface area (Å²) in [5.41, 5.74) is 0.622. The Kier molecular flexibility index (Phi) is 5.16. The van der Waals surface area contributed by atoms with E-state index in [1.807, 2.05) is 0 Å². The van der Waals surface area contributed by atoms with Crippen molar-refractivity contribution in [1.82, 2.24) is 25.2 Å². The zero-order valence-corrected chi connectivity index (χ0v) is 12.6. The molecule has 2 aromatic heterocycles. The molecule has 0 aliphatic carbocycles. The Labute approximate surface area is 128 Å². The molecule has 0 radical (unpaired) electrons. The average Bonchev–Trinajstić information content (AvgIpc) is 2.87. The molecule has 20 heavy (non-hydrogen) atoms. The maximum absolute atomic E-state index is 11.2. The van der Waals surface area contributed by atoms with E-state index in [4.69, 9.17) is 23.2 Å². The summed E-state index contributed by atoms with van der Waals surface area (Å²) in [6, 6.07) is 3.28. The highest BCUT2D eigenvalue weighted by atomic mass is 35.5. The molecule has 2 heterocycles. The van der Waals surface area contributed by atoms with Crippen molar-refractivity contribution in [2.24, 2.45) is 0 Å². The van der Waals surface area contributed by atoms with Gasteiger partial charge in [0.25, 0.3) is 0 Å². The first-order chi connectivity index (χ1) is 9.60. The number of tetrazole rings is 1. The summed E-state index contributed by atoms with van der Waals surface area (Å²) in [5, 5.41) is 12.4. The maximum Gasteiger partial charge on any atom is 0.327 e. The summed E-state index contributed by atoms with van der Waals surface area (Å²) in [6.07, 6.45) is 0. The second-order valence-electron chi connectivity index (χ2n) is 3.55. The van der Waals surface area contributed by atoms with E-state index in [0.29, 0.717) is 26.8 Å². The third-order valence-electron chi connectivity index (χ3n) is 2.23. The van der Waals surface area contributed by atoms with Gasteiger partial charge in [-0.2, -0.15) is 0 Å². The molecule has 106 valence electrons. The van der Waals surface area contributed by atoms with Gasteiger partial charge in [-0.1, -0.05) is 35.0 Å². The van der Waals surface area contributed by atoms with Crippen LogP contribution in [0.5, 0.6) is 0 Å². The van der Waals surface area contributed by atoms with Gasteiger partial charge in [0, 0.05) is 5.75 Å². The van der Waals surface area contributed by atoms with Crippen molar-refractivity contribution in [3.63, 3.8) is 0 Å². The molecule has 0 amide bonds. The maximum atomic E-state index is 11.2. The number of hydrogen-bond acceptors (Lipinski definition) is 7. The Bertz CT molecular complexity index is 621. The first-order valence-corrected chi connectivity index (χ1v) is 7.11. The molecule has 0 saturated carbocycles. The second kappa shape index (κ2) is 6.87. The van der Waals surface area contributed by atoms with Crippen LogP contribution in [-0.4, -0.2) is 38.3 Å². The van der Waals surface area contributed by atoms with Crippen LogP contribution >= 0.6 is 35.0 Å². The van der Waals surface area contributed by atoms with E-state index in [2.05, 4.69) is 25.2 Å². The highest BCUT2D eigenvalue weighted by molar-refractivity contribution is 7.98. The van der Waals surface area contributed by atoms with Crippen LogP contribution in [0.4, 0.5) is 0 Å². The van der Waals surface area contributed by atoms with Crippen molar-refractivity contribution in [2.45, 2.75) is 17.5 Å². The smallest absolute Gasteiger partial charge is 0.327 e. The SMILES string of the molecule is COC(=O)Cn1nnnc1SCc1nc(Cl)ccc1Cl. The number of ether oxygens (including phenoxy) is 1. The number of hydrogen-bond donors (Lipinski definition) is 0. The lowest BCUT2D eigenvalue weighted by atomic mass is 10.4. The van der Waals surface area contributed by atoms with Crippen molar-refractivity contribution < 1.29 is 9.53 Å². The number of esters is 1. The summed E-state index contributed by atoms with van der Waals surface area (Å²) < 4.78 is 5.90. The van der Waals surface area contributed by atoms with E-state index in [-0.39, 0.29) is 6.54 Å². The fraction of sp³-hybridized carbons (Fsp3) is 0.300. The summed E-state index contributed by atoms with van der Waals surface area (Å²) in [7, 11) is 1.30. The Hall–Kier alpha value is -1.38. The van der Waals surface area contributed by atoms with Crippen molar-refractivity contribution in [2.75, 3.05) is 7.11 Å². The molecule has 7 nitrogen and oxygen atoms in total. The molecule has 0 atom stereocenters. The number of methoxy groups -OCH3 is 1. The van der Waals surface area contributed by atoms with Crippen LogP contribution in [0, 0.1) is 0 Å². The van der Waals surface area contributed by atoms with Crippen LogP contribution in [-0.2, 0) is 21.8 Å². The van der Waals surface area contributed by atoms with Crippen LogP contribution in [0.1, 0.15) is 5.69 Å². The van der Waals surface area contributed by atoms with Crippen LogP contribution in [0.2, 0.25) is 10.2 Å². The number of nitrogens with zero attached hydrogens (tertiary/aromatic N) is 5. The summed E-state index contributed by atoms with van der Waals surface area (Å²) in [5.74, 6) is -0.000862. The van der Waals surface area contributed by atoms with Crippen molar-refractivity contribution in [1.29, 1.82) is 0 Å². The van der Waals surface area contributed by atoms with E-state index in [1.165, 1.54) is 23.6 Å². The quantitative estimate of drug-likeness (QED) is 0.469. The summed E-state index contributed by atoms with van der Waals surface area (Å²) >= 11 is 13.1. The molecular weight excluding hydrogens is 325 g/mol. The fourth-order valence-corrected chi connectivity index (χ4v) is 2.52. The van der Waals surface area contributed by atoms with E-state index in [9.17, 15) is 4.79 Å². The Balaban J connectivity index is 2.06. The Morgan fingerprint density at radius 3 is 3.00 bits per heavy atom. The molecule has 0 fully saturated rings. The molecule has 0 saturated heterocycles. The number of carbonyl (C=O) groups is 1. The normalized spacial score (nSPS) is 10.6. The standard InChI is InChI=1S/C10H9Cl2N5O2S/c1-19-9(18)4-17-10(14-15-16-17)20-5-7-6(11)2-3-8(12)13-7/h2-3H,4-5H2,1H3. The minimum atomic E-state index is -0.432. The first-order valence-electron chi connectivity index (χ1n) is 5.37. The molecule has 0 aliphatic rings. The lowest BCUT2D eigenvalue weighted by Crippen LogP contribution is -2.13. The lowest BCUT2D eigenvalue weighted by molar-refractivity contribution is -0.141. The van der Waals surface area contributed by atoms with Gasteiger partial charge in [-0.15, -0.1) is 5.10 Å². The first kappa shape index (κ1) is 15.0. The molecule has 0 aromatic carbocycles. The molecule has 0 spiro atoms. The number of carbonyl (C=O) groups excluding carboxylic acids is 1. The van der Waals surface area contributed by atoms with Gasteiger partial charge in [0.15, 0.2) is 0 Å². The van der Waals surface area contributed by atoms with Gasteiger partial charge in [-0.25, -0.2) is 9.67 Å². The van der Waals surface area contributed by atoms with E-state index < -0.39 is 5.97 Å². The van der Waals surface area contributed by atoms with Crippen LogP contribution in [0.25, 0.3) is 0 Å². The fourth-order valence-electron chi connectivity index (χ4n) is 1.28. The van der Waals surface area contributed by atoms with Crippen LogP contribution in [0.15, 0.2) is 17.3 Å². The predicted octanol–water partition coefficient (Wildman–Crippen LogP) is 1.84. The molecular formula is C10H9Cl2N5O2S. The highest BCUT2D eigenvalue weighted by Crippen LogP contribution is 2.24. The third-order valence-corrected chi connectivity index (χ3v) is 3.75. The molecule has 10 heteroatoms. The number of pyridine rings is 1. The van der Waals surface area contributed by atoms with Crippen LogP contribution in [0.3, 0.4) is 0 Å². The summed E-state index contributed by atoms with van der Waals surface area (Å²) in [6.45, 7) is -0.0530. The van der Waals surface area contributed by atoms with E-state index in [1.54, 1.807) is 12.1 Å². The van der Waals surface area contributed by atoms with Crippen LogP contribution < -0.4 is 0 Å². The largest absolute Gasteiger partial charge is 0.468 e. The Morgan fingerprint density at radius 2 is 2.25 bits per heavy atom. The molecule has 0 bridgehead atoms. The minimum Gasteiger partial charge on any atom is -0.468 e. The van der Waals surface area contributed by atoms with Gasteiger partial charge >= 0.3 is 5.97 Å². The molecule has 2 rings (SSSR count). The van der Waals surface area contributed by atoms with Gasteiger partial charge in [0.1, 0.15) is 11.7 Å². The van der Waals surface area contributed by atoms with Crippen molar-refractivity contribution in [3.8, 4) is 0 Å². The third kappa shape index (κ3) is 3.81. The number of aromatic nitrogens is 5. The molecule has 0 unspecified atom stereocenters. The van der Waals surface area contributed by atoms with Gasteiger partial charge < -0.3 is 4.74 Å². The highest BCUT2D eigenvalue weighted by Gasteiger charge is 2.12. The Morgan fingerprint density at radius 1 is 1.45 bits per heavy atom. The monoisotopic (exact) mass is 333 g/mol. The predicted molar refractivity (Wildman–Crippen MR) is 73.7 cm³/mol. The topological polar surface area (TPSA) is 82.8 Å².